The molecule has 0 spiro atoms. The number of rotatable bonds is 4. The van der Waals surface area contributed by atoms with Gasteiger partial charge in [0, 0.05) is 20.5 Å². The third kappa shape index (κ3) is 22.2. The van der Waals surface area contributed by atoms with Crippen LogP contribution in [0.25, 0.3) is 43.1 Å². The molecule has 8 rings (SSSR count). The second kappa shape index (κ2) is 36.5. The van der Waals surface area contributed by atoms with Crippen LogP contribution in [-0.2, 0) is 67.4 Å². The molecule has 0 fully saturated rings. The Bertz CT molecular complexity index is 1680. The van der Waals surface area contributed by atoms with Crippen LogP contribution in [-0.4, -0.2) is 20.5 Å². The van der Waals surface area contributed by atoms with Crippen LogP contribution in [0.15, 0.2) is 146 Å². The fourth-order valence-corrected chi connectivity index (χ4v) is 5.68. The van der Waals surface area contributed by atoms with Crippen molar-refractivity contribution in [3.05, 3.63) is 182 Å². The summed E-state index contributed by atoms with van der Waals surface area (Å²) in [5, 5.41) is 10.9. The molecule has 0 N–H and O–H groups in total. The van der Waals surface area contributed by atoms with Crippen LogP contribution in [0, 0.1) is 13.8 Å². The molecule has 0 aliphatic carbocycles. The second-order valence-corrected chi connectivity index (χ2v) is 19.3. The summed E-state index contributed by atoms with van der Waals surface area (Å²) in [4.78, 5) is 0. The van der Waals surface area contributed by atoms with Gasteiger partial charge in [-0.05, 0) is 25.7 Å². The SMILES string of the molecule is CCc1cc2ccccc2[cH-]1.CCc1cc2ccccc2[cH-]1.CCc1cc2ccccc2[cH-]1.CCc1cc2ccccc2[cH-]1.C[Si].C[Si].[CH2-]C[CH2-].[Cl][Zr][Cl].[Cl][Zr][Cl]. The van der Waals surface area contributed by atoms with Gasteiger partial charge in [-0.15, -0.1) is 162 Å². The standard InChI is InChI=1S/4C11H11.C3H6.2CH3Si.4ClH.2Zr/c4*1-2-9-7-10-5-3-4-6-11(10)8-9;1-3-2;2*1-2;;;;;;/h4*3-8H,2H2,1H3;1-3H2;2*1H3;4*1H;;/q4*-1;-2;;;;;;;2*+2/p-4. The van der Waals surface area contributed by atoms with Crippen molar-refractivity contribution in [3.63, 3.8) is 0 Å². The molecule has 0 amide bonds. The van der Waals surface area contributed by atoms with Gasteiger partial charge >= 0.3 is 75.7 Å². The van der Waals surface area contributed by atoms with Gasteiger partial charge in [-0.2, -0.15) is 24.3 Å². The van der Waals surface area contributed by atoms with Crippen molar-refractivity contribution in [2.45, 2.75) is 72.9 Å². The van der Waals surface area contributed by atoms with Crippen LogP contribution >= 0.6 is 34.1 Å². The molecule has 0 unspecified atom stereocenters. The van der Waals surface area contributed by atoms with Crippen LogP contribution in [0.5, 0.6) is 0 Å². The third-order valence-corrected chi connectivity index (χ3v) is 8.34. The Hall–Kier alpha value is -1.32. The number of aryl methyl sites for hydroxylation is 4. The molecule has 8 heteroatoms. The molecular formula is C49H56Cl4Si2Zr2-6. The van der Waals surface area contributed by atoms with Crippen molar-refractivity contribution >= 4 is 97.6 Å². The molecule has 0 nitrogen and oxygen atoms in total. The molecule has 0 saturated heterocycles. The van der Waals surface area contributed by atoms with E-state index in [1.165, 1.54) is 65.3 Å². The molecule has 8 aromatic carbocycles. The molecule has 0 aromatic heterocycles. The molecule has 0 aliphatic rings. The van der Waals surface area contributed by atoms with E-state index in [4.69, 9.17) is 34.1 Å². The molecular weight excluding hydrogens is 969 g/mol. The van der Waals surface area contributed by atoms with E-state index < -0.39 is 41.7 Å². The maximum absolute atomic E-state index is 4.93. The average Bonchev–Trinajstić information content (AvgIpc) is 4.07. The first-order chi connectivity index (χ1) is 27.8. The van der Waals surface area contributed by atoms with Gasteiger partial charge in [0.1, 0.15) is 0 Å². The topological polar surface area (TPSA) is 0 Å². The van der Waals surface area contributed by atoms with Crippen molar-refractivity contribution in [1.82, 2.24) is 0 Å². The molecule has 302 valence electrons. The quantitative estimate of drug-likeness (QED) is 0.122. The predicted octanol–water partition coefficient (Wildman–Crippen LogP) is 16.7. The summed E-state index contributed by atoms with van der Waals surface area (Å²) in [7, 11) is 25.7. The average molecular weight is 1030 g/mol. The van der Waals surface area contributed by atoms with Crippen molar-refractivity contribution in [1.29, 1.82) is 0 Å². The first-order valence-electron chi connectivity index (χ1n) is 18.9. The van der Waals surface area contributed by atoms with Crippen molar-refractivity contribution in [3.8, 4) is 0 Å². The zero-order valence-corrected chi connectivity index (χ0v) is 44.3. The van der Waals surface area contributed by atoms with E-state index in [0.717, 1.165) is 32.1 Å². The number of fused-ring (bicyclic) bond motifs is 4. The summed E-state index contributed by atoms with van der Waals surface area (Å²) in [5.74, 6) is 0. The maximum atomic E-state index is 4.93. The van der Waals surface area contributed by atoms with Crippen molar-refractivity contribution in [2.75, 3.05) is 0 Å². The first kappa shape index (κ1) is 55.7. The zero-order valence-electron chi connectivity index (χ0n) is 34.3. The van der Waals surface area contributed by atoms with E-state index in [9.17, 15) is 0 Å². The summed E-state index contributed by atoms with van der Waals surface area (Å²) < 4.78 is 0. The molecule has 0 aliphatic heterocycles. The Labute approximate surface area is 389 Å². The van der Waals surface area contributed by atoms with E-state index >= 15 is 0 Å². The van der Waals surface area contributed by atoms with Crippen molar-refractivity contribution in [2.24, 2.45) is 0 Å². The molecule has 57 heavy (non-hydrogen) atoms. The number of benzene rings is 4. The normalized spacial score (nSPS) is 9.23. The van der Waals surface area contributed by atoms with Gasteiger partial charge < -0.3 is 20.3 Å². The zero-order chi connectivity index (χ0) is 42.8. The number of hydrogen-bond acceptors (Lipinski definition) is 0. The fourth-order valence-electron chi connectivity index (χ4n) is 5.68. The third-order valence-electron chi connectivity index (χ3n) is 8.34. The Morgan fingerprint density at radius 2 is 0.561 bits per heavy atom. The van der Waals surface area contributed by atoms with Gasteiger partial charge in [0.05, 0.1) is 0 Å². The summed E-state index contributed by atoms with van der Waals surface area (Å²) in [6, 6.07) is 52.0. The van der Waals surface area contributed by atoms with E-state index in [0.29, 0.717) is 0 Å². The molecule has 0 saturated carbocycles. The summed E-state index contributed by atoms with van der Waals surface area (Å²) >= 11 is -1.65. The van der Waals surface area contributed by atoms with Gasteiger partial charge in [0.25, 0.3) is 0 Å². The van der Waals surface area contributed by atoms with E-state index in [1.54, 1.807) is 13.1 Å². The van der Waals surface area contributed by atoms with Crippen LogP contribution < -0.4 is 0 Å². The molecule has 6 radical (unpaired) electrons. The molecule has 8 aromatic rings. The van der Waals surface area contributed by atoms with Gasteiger partial charge in [0.15, 0.2) is 0 Å². The van der Waals surface area contributed by atoms with E-state index in [2.05, 4.69) is 208 Å². The van der Waals surface area contributed by atoms with Crippen molar-refractivity contribution < 1.29 is 41.7 Å². The number of hydrogen-bond donors (Lipinski definition) is 0. The Morgan fingerprint density at radius 1 is 0.404 bits per heavy atom. The molecule has 0 bridgehead atoms. The molecule has 0 heterocycles. The van der Waals surface area contributed by atoms with Crippen LogP contribution in [0.4, 0.5) is 0 Å². The number of halogens is 4. The second-order valence-electron chi connectivity index (χ2n) is 11.9. The first-order valence-corrected chi connectivity index (χ1v) is 33.6. The summed E-state index contributed by atoms with van der Waals surface area (Å²) in [5.41, 5.74) is 5.75. The monoisotopic (exact) mass is 1020 g/mol. The summed E-state index contributed by atoms with van der Waals surface area (Å²) in [6.45, 7) is 19.1. The van der Waals surface area contributed by atoms with Crippen LogP contribution in [0.1, 0.15) is 56.4 Å². The van der Waals surface area contributed by atoms with Crippen LogP contribution in [0.3, 0.4) is 0 Å². The Kier molecular flexibility index (Phi) is 35.7. The summed E-state index contributed by atoms with van der Waals surface area (Å²) in [6.07, 6.45) is 5.28. The van der Waals surface area contributed by atoms with Gasteiger partial charge in [0.2, 0.25) is 0 Å². The Balaban J connectivity index is 0.000000667. The fraction of sp³-hybridized carbons (Fsp3) is 0.224. The minimum atomic E-state index is -0.826. The molecule has 0 atom stereocenters. The van der Waals surface area contributed by atoms with E-state index in [-0.39, 0.29) is 0 Å². The minimum absolute atomic E-state index is 0.750. The predicted molar refractivity (Wildman–Crippen MR) is 258 cm³/mol. The van der Waals surface area contributed by atoms with Gasteiger partial charge in [-0.1, -0.05) is 65.1 Å². The van der Waals surface area contributed by atoms with Crippen LogP contribution in [0.2, 0.25) is 13.1 Å². The van der Waals surface area contributed by atoms with E-state index in [1.807, 2.05) is 0 Å². The van der Waals surface area contributed by atoms with Gasteiger partial charge in [-0.25, -0.2) is 0 Å². The Morgan fingerprint density at radius 3 is 0.702 bits per heavy atom. The van der Waals surface area contributed by atoms with Gasteiger partial charge in [-0.3, -0.25) is 0 Å².